The lowest BCUT2D eigenvalue weighted by Gasteiger charge is -2.09. The highest BCUT2D eigenvalue weighted by Crippen LogP contribution is 2.27. The smallest absolute Gasteiger partial charge is 0.257 e. The molecule has 5 heteroatoms. The van der Waals surface area contributed by atoms with Crippen LogP contribution >= 0.6 is 11.8 Å². The van der Waals surface area contributed by atoms with Gasteiger partial charge in [0.2, 0.25) is 5.56 Å². The minimum Gasteiger partial charge on any atom is -0.328 e. The van der Waals surface area contributed by atoms with Crippen molar-refractivity contribution in [2.75, 3.05) is 11.1 Å². The van der Waals surface area contributed by atoms with E-state index in [4.69, 9.17) is 0 Å². The van der Waals surface area contributed by atoms with E-state index in [0.717, 1.165) is 16.3 Å². The van der Waals surface area contributed by atoms with Crippen molar-refractivity contribution in [1.82, 2.24) is 4.98 Å². The van der Waals surface area contributed by atoms with Gasteiger partial charge in [-0.1, -0.05) is 18.2 Å². The van der Waals surface area contributed by atoms with Crippen molar-refractivity contribution >= 4 is 23.4 Å². The molecule has 1 amide bonds. The van der Waals surface area contributed by atoms with Gasteiger partial charge in [0.1, 0.15) is 0 Å². The average molecular weight is 286 g/mol. The van der Waals surface area contributed by atoms with Crippen LogP contribution in [0.25, 0.3) is 0 Å². The maximum absolute atomic E-state index is 12.1. The number of hydrogen-bond acceptors (Lipinski definition) is 3. The molecule has 0 saturated carbocycles. The van der Waals surface area contributed by atoms with E-state index >= 15 is 0 Å². The van der Waals surface area contributed by atoms with Gasteiger partial charge in [0, 0.05) is 22.9 Å². The molecule has 1 heterocycles. The average Bonchev–Trinajstić information content (AvgIpc) is 2.47. The van der Waals surface area contributed by atoms with Crippen LogP contribution in [0.1, 0.15) is 10.4 Å². The summed E-state index contributed by atoms with van der Waals surface area (Å²) < 4.78 is 0. The zero-order chi connectivity index (χ0) is 14.4. The number of thioether (sulfide) groups is 1. The first-order valence-corrected chi connectivity index (χ1v) is 7.02. The number of benzene rings is 1. The number of carbonyl (C=O) groups excluding carboxylic acids is 1. The molecule has 2 N–H and O–H groups in total. The number of amides is 1. The van der Waals surface area contributed by atoms with Gasteiger partial charge in [0.25, 0.3) is 5.91 Å². The van der Waals surface area contributed by atoms with Crippen LogP contribution in [0.2, 0.25) is 0 Å². The number of rotatable bonds is 5. The molecule has 2 rings (SSSR count). The molecular weight excluding hydrogens is 272 g/mol. The predicted octanol–water partition coefficient (Wildman–Crippen LogP) is 2.91. The summed E-state index contributed by atoms with van der Waals surface area (Å²) in [5.74, 6) is 0.513. The van der Waals surface area contributed by atoms with Crippen LogP contribution in [-0.4, -0.2) is 16.6 Å². The number of para-hydroxylation sites is 1. The fourth-order valence-corrected chi connectivity index (χ4v) is 2.34. The van der Waals surface area contributed by atoms with Crippen LogP contribution in [0.3, 0.4) is 0 Å². The Morgan fingerprint density at radius 1 is 1.30 bits per heavy atom. The molecule has 1 aromatic heterocycles. The third-order valence-electron chi connectivity index (χ3n) is 2.54. The van der Waals surface area contributed by atoms with Gasteiger partial charge < -0.3 is 10.3 Å². The van der Waals surface area contributed by atoms with Crippen molar-refractivity contribution in [3.63, 3.8) is 0 Å². The standard InChI is InChI=1S/C15H14N2O2S/c1-2-9-20-13-6-4-3-5-12(13)17-15(19)11-7-8-14(18)16-10-11/h2-8,10H,1,9H2,(H,16,18)(H,17,19). The van der Waals surface area contributed by atoms with E-state index in [-0.39, 0.29) is 11.5 Å². The lowest BCUT2D eigenvalue weighted by Crippen LogP contribution is -2.15. The van der Waals surface area contributed by atoms with Crippen LogP contribution in [0.5, 0.6) is 0 Å². The summed E-state index contributed by atoms with van der Waals surface area (Å²) in [6.45, 7) is 3.68. The van der Waals surface area contributed by atoms with Gasteiger partial charge in [-0.25, -0.2) is 0 Å². The second kappa shape index (κ2) is 6.77. The van der Waals surface area contributed by atoms with Crippen molar-refractivity contribution in [2.45, 2.75) is 4.90 Å². The molecule has 2 aromatic rings. The maximum Gasteiger partial charge on any atom is 0.257 e. The third-order valence-corrected chi connectivity index (χ3v) is 3.61. The maximum atomic E-state index is 12.1. The Hall–Kier alpha value is -2.27. The predicted molar refractivity (Wildman–Crippen MR) is 82.4 cm³/mol. The molecule has 0 radical (unpaired) electrons. The number of hydrogen-bond donors (Lipinski definition) is 2. The Morgan fingerprint density at radius 2 is 2.10 bits per heavy atom. The number of pyridine rings is 1. The van der Waals surface area contributed by atoms with Crippen molar-refractivity contribution in [3.8, 4) is 0 Å². The zero-order valence-electron chi connectivity index (χ0n) is 10.8. The third kappa shape index (κ3) is 3.61. The first kappa shape index (κ1) is 14.1. The molecule has 0 aliphatic rings. The summed E-state index contributed by atoms with van der Waals surface area (Å²) in [6.07, 6.45) is 3.21. The van der Waals surface area contributed by atoms with Crippen molar-refractivity contribution in [2.24, 2.45) is 0 Å². The summed E-state index contributed by atoms with van der Waals surface area (Å²) in [5.41, 5.74) is 0.923. The van der Waals surface area contributed by atoms with E-state index < -0.39 is 0 Å². The van der Waals surface area contributed by atoms with Gasteiger partial charge in [-0.2, -0.15) is 0 Å². The summed E-state index contributed by atoms with van der Waals surface area (Å²) in [7, 11) is 0. The lowest BCUT2D eigenvalue weighted by molar-refractivity contribution is 0.102. The van der Waals surface area contributed by atoms with E-state index in [1.165, 1.54) is 18.3 Å². The van der Waals surface area contributed by atoms with Gasteiger partial charge in [-0.15, -0.1) is 18.3 Å². The zero-order valence-corrected chi connectivity index (χ0v) is 11.6. The van der Waals surface area contributed by atoms with Gasteiger partial charge in [-0.05, 0) is 18.2 Å². The second-order valence-corrected chi connectivity index (χ2v) is 5.05. The van der Waals surface area contributed by atoms with Crippen molar-refractivity contribution < 1.29 is 4.79 Å². The molecule has 0 bridgehead atoms. The largest absolute Gasteiger partial charge is 0.328 e. The van der Waals surface area contributed by atoms with Gasteiger partial charge in [0.05, 0.1) is 11.3 Å². The Labute approximate surface area is 120 Å². The first-order chi connectivity index (χ1) is 9.70. The number of carbonyl (C=O) groups is 1. The summed E-state index contributed by atoms with van der Waals surface area (Å²) in [5, 5.41) is 2.84. The Bertz CT molecular complexity index is 659. The number of aromatic nitrogens is 1. The molecule has 0 fully saturated rings. The highest BCUT2D eigenvalue weighted by atomic mass is 32.2. The summed E-state index contributed by atoms with van der Waals surface area (Å²) in [6, 6.07) is 10.4. The fraction of sp³-hybridized carbons (Fsp3) is 0.0667. The molecule has 4 nitrogen and oxygen atoms in total. The topological polar surface area (TPSA) is 62.0 Å². The molecule has 0 saturated heterocycles. The summed E-state index contributed by atoms with van der Waals surface area (Å²) in [4.78, 5) is 26.5. The Balaban J connectivity index is 2.16. The van der Waals surface area contributed by atoms with Crippen LogP contribution in [0, 0.1) is 0 Å². The SMILES string of the molecule is C=CCSc1ccccc1NC(=O)c1ccc(=O)[nH]c1. The molecule has 1 aromatic carbocycles. The first-order valence-electron chi connectivity index (χ1n) is 6.03. The minimum atomic E-state index is -0.257. The minimum absolute atomic E-state index is 0.233. The van der Waals surface area contributed by atoms with Gasteiger partial charge in [0.15, 0.2) is 0 Å². The van der Waals surface area contributed by atoms with E-state index in [1.54, 1.807) is 11.8 Å². The number of anilines is 1. The van der Waals surface area contributed by atoms with E-state index in [0.29, 0.717) is 5.56 Å². The van der Waals surface area contributed by atoms with Crippen molar-refractivity contribution in [1.29, 1.82) is 0 Å². The summed E-state index contributed by atoms with van der Waals surface area (Å²) >= 11 is 1.60. The molecule has 0 atom stereocenters. The van der Waals surface area contributed by atoms with Gasteiger partial charge >= 0.3 is 0 Å². The molecule has 0 spiro atoms. The highest BCUT2D eigenvalue weighted by molar-refractivity contribution is 7.99. The number of aromatic amines is 1. The molecule has 0 aliphatic heterocycles. The number of H-pyrrole nitrogens is 1. The fourth-order valence-electron chi connectivity index (χ4n) is 1.59. The van der Waals surface area contributed by atoms with Crippen molar-refractivity contribution in [3.05, 3.63) is 71.2 Å². The van der Waals surface area contributed by atoms with E-state index in [9.17, 15) is 9.59 Å². The molecule has 20 heavy (non-hydrogen) atoms. The quantitative estimate of drug-likeness (QED) is 0.656. The van der Waals surface area contributed by atoms with Gasteiger partial charge in [-0.3, -0.25) is 9.59 Å². The number of nitrogens with one attached hydrogen (secondary N) is 2. The monoisotopic (exact) mass is 286 g/mol. The highest BCUT2D eigenvalue weighted by Gasteiger charge is 2.08. The lowest BCUT2D eigenvalue weighted by atomic mass is 10.2. The van der Waals surface area contributed by atoms with Crippen LogP contribution < -0.4 is 10.9 Å². The Morgan fingerprint density at radius 3 is 2.80 bits per heavy atom. The van der Waals surface area contributed by atoms with E-state index in [1.807, 2.05) is 30.3 Å². The van der Waals surface area contributed by atoms with Crippen LogP contribution in [0.15, 0.2) is 64.9 Å². The molecule has 102 valence electrons. The Kier molecular flexibility index (Phi) is 4.79. The van der Waals surface area contributed by atoms with Crippen LogP contribution in [0.4, 0.5) is 5.69 Å². The normalized spacial score (nSPS) is 10.0. The molecule has 0 aliphatic carbocycles. The van der Waals surface area contributed by atoms with Crippen LogP contribution in [-0.2, 0) is 0 Å². The van der Waals surface area contributed by atoms with E-state index in [2.05, 4.69) is 16.9 Å². The molecular formula is C15H14N2O2S. The molecule has 0 unspecified atom stereocenters. The second-order valence-electron chi connectivity index (χ2n) is 3.99.